The van der Waals surface area contributed by atoms with Crippen LogP contribution >= 0.6 is 0 Å². The fourth-order valence-electron chi connectivity index (χ4n) is 2.93. The number of benzene rings is 2. The van der Waals surface area contributed by atoms with E-state index < -0.39 is 24.3 Å². The Hall–Kier alpha value is -3.87. The summed E-state index contributed by atoms with van der Waals surface area (Å²) in [6.45, 7) is 1.99. The number of urea groups is 1. The maximum atomic E-state index is 12.4. The van der Waals surface area contributed by atoms with Crippen LogP contribution in [0.3, 0.4) is 0 Å². The number of nitrogens with zero attached hydrogens (tertiary/aromatic N) is 3. The zero-order valence-electron chi connectivity index (χ0n) is 15.0. The van der Waals surface area contributed by atoms with Gasteiger partial charge in [0.15, 0.2) is 5.82 Å². The largest absolute Gasteiger partial charge is 0.336 e. The van der Waals surface area contributed by atoms with E-state index in [4.69, 9.17) is 0 Å². The Labute approximate surface area is 160 Å². The molecule has 1 aromatic heterocycles. The molecule has 138 valence electrons. The first-order chi connectivity index (χ1) is 13.5. The summed E-state index contributed by atoms with van der Waals surface area (Å²) in [5.41, 5.74) is 2.97. The van der Waals surface area contributed by atoms with Gasteiger partial charge in [-0.3, -0.25) is 19.9 Å². The van der Waals surface area contributed by atoms with Crippen molar-refractivity contribution in [2.24, 2.45) is 4.99 Å². The average Bonchev–Trinajstić information content (AvgIpc) is 2.66. The molecule has 7 heteroatoms. The molecule has 0 saturated carbocycles. The summed E-state index contributed by atoms with van der Waals surface area (Å²) in [6.07, 6.45) is 1.16. The lowest BCUT2D eigenvalue weighted by Gasteiger charge is -2.25. The number of imide groups is 2. The van der Waals surface area contributed by atoms with Gasteiger partial charge in [-0.1, -0.05) is 35.9 Å². The number of hydrogen-bond donors (Lipinski definition) is 1. The Morgan fingerprint density at radius 2 is 1.82 bits per heavy atom. The molecule has 0 unspecified atom stereocenters. The Balaban J connectivity index is 1.83. The van der Waals surface area contributed by atoms with E-state index in [9.17, 15) is 14.4 Å². The van der Waals surface area contributed by atoms with Crippen LogP contribution in [0.2, 0.25) is 0 Å². The number of aromatic nitrogens is 1. The zero-order chi connectivity index (χ0) is 19.7. The predicted octanol–water partition coefficient (Wildman–Crippen LogP) is 3.27. The van der Waals surface area contributed by atoms with Crippen molar-refractivity contribution >= 4 is 46.5 Å². The molecule has 28 heavy (non-hydrogen) atoms. The summed E-state index contributed by atoms with van der Waals surface area (Å²) >= 11 is 0. The normalized spacial score (nSPS) is 14.8. The quantitative estimate of drug-likeness (QED) is 0.564. The van der Waals surface area contributed by atoms with Gasteiger partial charge >= 0.3 is 6.03 Å². The first-order valence-electron chi connectivity index (χ1n) is 8.68. The first-order valence-corrected chi connectivity index (χ1v) is 8.68. The third-order valence-corrected chi connectivity index (χ3v) is 4.34. The molecule has 4 rings (SSSR count). The van der Waals surface area contributed by atoms with Crippen molar-refractivity contribution in [3.8, 4) is 0 Å². The number of barbiturate groups is 1. The smallest absolute Gasteiger partial charge is 0.277 e. The van der Waals surface area contributed by atoms with Gasteiger partial charge in [0.25, 0.3) is 0 Å². The molecule has 3 aromatic rings. The molecule has 1 aliphatic heterocycles. The number of carbonyl (C=O) groups is 3. The van der Waals surface area contributed by atoms with Crippen LogP contribution < -0.4 is 10.2 Å². The van der Waals surface area contributed by atoms with Crippen molar-refractivity contribution < 1.29 is 14.4 Å². The highest BCUT2D eigenvalue weighted by molar-refractivity contribution is 6.27. The van der Waals surface area contributed by atoms with Crippen molar-refractivity contribution in [1.82, 2.24) is 10.3 Å². The van der Waals surface area contributed by atoms with Crippen LogP contribution in [0.5, 0.6) is 0 Å². The van der Waals surface area contributed by atoms with Gasteiger partial charge in [0.1, 0.15) is 6.42 Å². The number of hydrogen-bond acceptors (Lipinski definition) is 5. The molecule has 2 heterocycles. The standard InChI is InChI=1S/C21H16N4O3/c1-13-6-8-16(9-7-13)22-12-15-10-14-4-2-3-5-17(14)23-20(15)25-19(27)11-18(26)24-21(25)28/h2-10,12H,11H2,1H3,(H,24,26,28). The summed E-state index contributed by atoms with van der Waals surface area (Å²) < 4.78 is 0. The van der Waals surface area contributed by atoms with Gasteiger partial charge in [0.2, 0.25) is 11.8 Å². The number of amides is 4. The lowest BCUT2D eigenvalue weighted by Crippen LogP contribution is -2.53. The maximum absolute atomic E-state index is 12.4. The second-order valence-electron chi connectivity index (χ2n) is 6.45. The van der Waals surface area contributed by atoms with Crippen LogP contribution in [0.4, 0.5) is 16.3 Å². The van der Waals surface area contributed by atoms with Crippen molar-refractivity contribution in [3.63, 3.8) is 0 Å². The van der Waals surface area contributed by atoms with Crippen LogP contribution in [0.15, 0.2) is 59.6 Å². The second-order valence-corrected chi connectivity index (χ2v) is 6.45. The van der Waals surface area contributed by atoms with Gasteiger partial charge in [0.05, 0.1) is 11.2 Å². The molecule has 7 nitrogen and oxygen atoms in total. The number of pyridine rings is 1. The Kier molecular flexibility index (Phi) is 4.41. The van der Waals surface area contributed by atoms with Crippen LogP contribution in [-0.4, -0.2) is 29.0 Å². The van der Waals surface area contributed by atoms with Crippen molar-refractivity contribution in [3.05, 3.63) is 65.7 Å². The lowest BCUT2D eigenvalue weighted by molar-refractivity contribution is -0.128. The molecule has 4 amide bonds. The summed E-state index contributed by atoms with van der Waals surface area (Å²) in [5, 5.41) is 3.00. The van der Waals surface area contributed by atoms with Crippen molar-refractivity contribution in [2.75, 3.05) is 4.90 Å². The minimum absolute atomic E-state index is 0.143. The summed E-state index contributed by atoms with van der Waals surface area (Å²) in [5.74, 6) is -1.10. The highest BCUT2D eigenvalue weighted by Gasteiger charge is 2.34. The molecule has 0 radical (unpaired) electrons. The fourth-order valence-corrected chi connectivity index (χ4v) is 2.93. The number of fused-ring (bicyclic) bond motifs is 1. The number of carbonyl (C=O) groups excluding carboxylic acids is 3. The molecule has 1 saturated heterocycles. The van der Waals surface area contributed by atoms with Gasteiger partial charge < -0.3 is 0 Å². The summed E-state index contributed by atoms with van der Waals surface area (Å²) in [6, 6.07) is 16.0. The van der Waals surface area contributed by atoms with Gasteiger partial charge in [-0.25, -0.2) is 14.7 Å². The second kappa shape index (κ2) is 7.03. The summed E-state index contributed by atoms with van der Waals surface area (Å²) in [7, 11) is 0. The first kappa shape index (κ1) is 17.5. The third-order valence-electron chi connectivity index (χ3n) is 4.34. The number of aliphatic imine (C=N–C) groups is 1. The predicted molar refractivity (Wildman–Crippen MR) is 106 cm³/mol. The van der Waals surface area contributed by atoms with E-state index in [0.717, 1.165) is 21.5 Å². The van der Waals surface area contributed by atoms with Crippen molar-refractivity contribution in [2.45, 2.75) is 13.3 Å². The van der Waals surface area contributed by atoms with Gasteiger partial charge in [0, 0.05) is 17.2 Å². The molecule has 0 atom stereocenters. The minimum Gasteiger partial charge on any atom is -0.277 e. The van der Waals surface area contributed by atoms with E-state index in [1.165, 1.54) is 0 Å². The molecule has 1 aliphatic rings. The molecule has 0 bridgehead atoms. The molecule has 1 N–H and O–H groups in total. The highest BCUT2D eigenvalue weighted by atomic mass is 16.2. The number of nitrogens with one attached hydrogen (secondary N) is 1. The van der Waals surface area contributed by atoms with E-state index in [-0.39, 0.29) is 5.82 Å². The van der Waals surface area contributed by atoms with Crippen LogP contribution in [0, 0.1) is 6.92 Å². The van der Waals surface area contributed by atoms with Crippen LogP contribution in [-0.2, 0) is 9.59 Å². The van der Waals surface area contributed by atoms with Crippen molar-refractivity contribution in [1.29, 1.82) is 0 Å². The molecular weight excluding hydrogens is 356 g/mol. The number of anilines is 1. The topological polar surface area (TPSA) is 91.7 Å². The van der Waals surface area contributed by atoms with Gasteiger partial charge in [-0.05, 0) is 31.2 Å². The molecule has 0 spiro atoms. The average molecular weight is 372 g/mol. The van der Waals surface area contributed by atoms with E-state index in [0.29, 0.717) is 11.1 Å². The van der Waals surface area contributed by atoms with Gasteiger partial charge in [-0.2, -0.15) is 0 Å². The monoisotopic (exact) mass is 372 g/mol. The minimum atomic E-state index is -0.811. The maximum Gasteiger partial charge on any atom is 0.336 e. The fraction of sp³-hybridized carbons (Fsp3) is 0.0952. The highest BCUT2D eigenvalue weighted by Crippen LogP contribution is 2.25. The Bertz CT molecular complexity index is 1120. The SMILES string of the molecule is Cc1ccc(N=Cc2cc3ccccc3nc2N2C(=O)CC(=O)NC2=O)cc1. The number of aryl methyl sites for hydroxylation is 1. The Morgan fingerprint density at radius 3 is 2.57 bits per heavy atom. The van der Waals surface area contributed by atoms with E-state index in [1.807, 2.05) is 55.5 Å². The van der Waals surface area contributed by atoms with Gasteiger partial charge in [-0.15, -0.1) is 0 Å². The molecular formula is C21H16N4O3. The summed E-state index contributed by atoms with van der Waals surface area (Å²) in [4.78, 5) is 46.0. The van der Waals surface area contributed by atoms with Crippen LogP contribution in [0.25, 0.3) is 10.9 Å². The number of rotatable bonds is 3. The molecule has 2 aromatic carbocycles. The zero-order valence-corrected chi connectivity index (χ0v) is 15.0. The molecule has 0 aliphatic carbocycles. The van der Waals surface area contributed by atoms with E-state index in [1.54, 1.807) is 12.3 Å². The lowest BCUT2D eigenvalue weighted by atomic mass is 10.1. The third kappa shape index (κ3) is 3.37. The Morgan fingerprint density at radius 1 is 1.07 bits per heavy atom. The number of para-hydroxylation sites is 1. The molecule has 1 fully saturated rings. The van der Waals surface area contributed by atoms with E-state index in [2.05, 4.69) is 15.3 Å². The van der Waals surface area contributed by atoms with Crippen LogP contribution in [0.1, 0.15) is 17.5 Å². The van der Waals surface area contributed by atoms with E-state index >= 15 is 0 Å².